The van der Waals surface area contributed by atoms with Gasteiger partial charge in [-0.15, -0.1) is 0 Å². The first-order chi connectivity index (χ1) is 16.5. The number of nitriles is 1. The molecule has 0 radical (unpaired) electrons. The van der Waals surface area contributed by atoms with Crippen molar-refractivity contribution in [1.82, 2.24) is 0 Å². The Labute approximate surface area is 204 Å². The van der Waals surface area contributed by atoms with Crippen LogP contribution in [0.3, 0.4) is 0 Å². The summed E-state index contributed by atoms with van der Waals surface area (Å²) in [6.07, 6.45) is 3.22. The lowest BCUT2D eigenvalue weighted by Crippen LogP contribution is -2.10. The highest BCUT2D eigenvalue weighted by Crippen LogP contribution is 2.30. The fourth-order valence-electron chi connectivity index (χ4n) is 4.37. The molecule has 0 aromatic heterocycles. The number of hydrogen-bond donors (Lipinski definition) is 0. The number of anilines is 2. The molecule has 1 unspecified atom stereocenters. The molecule has 0 spiro atoms. The van der Waals surface area contributed by atoms with E-state index in [1.54, 1.807) is 0 Å². The van der Waals surface area contributed by atoms with Gasteiger partial charge in [0, 0.05) is 18.4 Å². The molecule has 34 heavy (non-hydrogen) atoms. The van der Waals surface area contributed by atoms with Crippen LogP contribution in [0.1, 0.15) is 45.7 Å². The molecule has 4 aromatic rings. The maximum Gasteiger partial charge on any atom is 0.0991 e. The van der Waals surface area contributed by atoms with Crippen molar-refractivity contribution in [3.63, 3.8) is 0 Å². The molecule has 4 rings (SSSR count). The summed E-state index contributed by atoms with van der Waals surface area (Å²) < 4.78 is 0. The third kappa shape index (κ3) is 5.94. The molecular formula is C32H32N2. The van der Waals surface area contributed by atoms with E-state index in [0.717, 1.165) is 30.6 Å². The van der Waals surface area contributed by atoms with Gasteiger partial charge in [0.2, 0.25) is 0 Å². The lowest BCUT2D eigenvalue weighted by molar-refractivity contribution is 0.621. The highest BCUT2D eigenvalue weighted by atomic mass is 15.1. The van der Waals surface area contributed by atoms with Gasteiger partial charge in [-0.05, 0) is 92.1 Å². The topological polar surface area (TPSA) is 27.0 Å². The van der Waals surface area contributed by atoms with Gasteiger partial charge in [-0.1, -0.05) is 71.8 Å². The Kier molecular flexibility index (Phi) is 7.45. The Morgan fingerprint density at radius 1 is 0.676 bits per heavy atom. The molecule has 0 aliphatic rings. The Bertz CT molecular complexity index is 1230. The van der Waals surface area contributed by atoms with Gasteiger partial charge in [0.1, 0.15) is 0 Å². The number of aryl methyl sites for hydroxylation is 3. The summed E-state index contributed by atoms with van der Waals surface area (Å²) in [6.45, 7) is 4.28. The molecule has 4 aromatic carbocycles. The van der Waals surface area contributed by atoms with Gasteiger partial charge in [-0.25, -0.2) is 0 Å². The van der Waals surface area contributed by atoms with Gasteiger partial charge in [-0.3, -0.25) is 0 Å². The van der Waals surface area contributed by atoms with Crippen molar-refractivity contribution in [3.05, 3.63) is 130 Å². The summed E-state index contributed by atoms with van der Waals surface area (Å²) in [4.78, 5) is 2.16. The van der Waals surface area contributed by atoms with Crippen LogP contribution in [0.4, 0.5) is 11.4 Å². The molecule has 0 fully saturated rings. The summed E-state index contributed by atoms with van der Waals surface area (Å²) >= 11 is 0. The molecule has 0 N–H and O–H groups in total. The average molecular weight is 445 g/mol. The van der Waals surface area contributed by atoms with Crippen LogP contribution in [0.25, 0.3) is 0 Å². The van der Waals surface area contributed by atoms with Crippen LogP contribution in [0, 0.1) is 25.2 Å². The van der Waals surface area contributed by atoms with Gasteiger partial charge in [0.25, 0.3) is 0 Å². The lowest BCUT2D eigenvalue weighted by Gasteiger charge is -2.22. The highest BCUT2D eigenvalue weighted by Gasteiger charge is 2.14. The van der Waals surface area contributed by atoms with Crippen LogP contribution in [0.2, 0.25) is 0 Å². The first-order valence-corrected chi connectivity index (χ1v) is 12.0. The van der Waals surface area contributed by atoms with E-state index < -0.39 is 0 Å². The molecule has 2 heteroatoms. The monoisotopic (exact) mass is 444 g/mol. The molecule has 0 aliphatic heterocycles. The van der Waals surface area contributed by atoms with Crippen molar-refractivity contribution in [2.45, 2.75) is 39.0 Å². The normalized spacial score (nSPS) is 11.6. The van der Waals surface area contributed by atoms with Crippen molar-refractivity contribution in [1.29, 1.82) is 5.26 Å². The number of benzene rings is 4. The quantitative estimate of drug-likeness (QED) is 0.276. The summed E-state index contributed by atoms with van der Waals surface area (Å²) in [5, 5.41) is 9.05. The van der Waals surface area contributed by atoms with E-state index in [0.29, 0.717) is 11.5 Å². The fourth-order valence-corrected chi connectivity index (χ4v) is 4.37. The molecule has 0 aliphatic carbocycles. The maximum atomic E-state index is 9.05. The van der Waals surface area contributed by atoms with Crippen LogP contribution in [-0.4, -0.2) is 7.05 Å². The largest absolute Gasteiger partial charge is 0.345 e. The zero-order valence-electron chi connectivity index (χ0n) is 20.3. The first kappa shape index (κ1) is 23.3. The molecule has 0 saturated heterocycles. The van der Waals surface area contributed by atoms with E-state index in [1.165, 1.54) is 27.8 Å². The van der Waals surface area contributed by atoms with Crippen molar-refractivity contribution >= 4 is 11.4 Å². The Morgan fingerprint density at radius 2 is 1.18 bits per heavy atom. The van der Waals surface area contributed by atoms with Gasteiger partial charge >= 0.3 is 0 Å². The number of rotatable bonds is 8. The van der Waals surface area contributed by atoms with Crippen LogP contribution < -0.4 is 4.90 Å². The highest BCUT2D eigenvalue weighted by molar-refractivity contribution is 5.63. The third-order valence-corrected chi connectivity index (χ3v) is 6.64. The van der Waals surface area contributed by atoms with E-state index in [9.17, 15) is 0 Å². The molecule has 0 saturated carbocycles. The van der Waals surface area contributed by atoms with E-state index >= 15 is 0 Å². The Balaban J connectivity index is 1.53. The minimum Gasteiger partial charge on any atom is -0.345 e. The summed E-state index contributed by atoms with van der Waals surface area (Å²) in [5.74, 6) is 0.457. The predicted molar refractivity (Wildman–Crippen MR) is 143 cm³/mol. The van der Waals surface area contributed by atoms with Gasteiger partial charge in [0.15, 0.2) is 0 Å². The summed E-state index contributed by atoms with van der Waals surface area (Å²) in [7, 11) is 2.07. The second-order valence-corrected chi connectivity index (χ2v) is 9.22. The lowest BCUT2D eigenvalue weighted by atomic mass is 9.86. The van der Waals surface area contributed by atoms with Gasteiger partial charge in [-0.2, -0.15) is 5.26 Å². The van der Waals surface area contributed by atoms with Crippen molar-refractivity contribution in [2.24, 2.45) is 0 Å². The predicted octanol–water partition coefficient (Wildman–Crippen LogP) is 7.90. The molecule has 2 nitrogen and oxygen atoms in total. The average Bonchev–Trinajstić information content (AvgIpc) is 2.88. The van der Waals surface area contributed by atoms with Crippen LogP contribution in [0.5, 0.6) is 0 Å². The van der Waals surface area contributed by atoms with E-state index in [2.05, 4.69) is 105 Å². The standard InChI is InChI=1S/C32H32N2/c1-24-4-8-26(9-5-24)12-15-30(22-27-10-6-25(2)7-11-27)29-16-20-32(21-17-29)34(3)31-18-13-28(23-33)14-19-31/h4-11,13-14,16-21,30H,12,15,22H2,1-3H3. The number of nitrogens with zero attached hydrogens (tertiary/aromatic N) is 2. The molecular weight excluding hydrogens is 412 g/mol. The number of hydrogen-bond acceptors (Lipinski definition) is 2. The van der Waals surface area contributed by atoms with Crippen molar-refractivity contribution in [3.8, 4) is 6.07 Å². The van der Waals surface area contributed by atoms with Crippen LogP contribution in [-0.2, 0) is 12.8 Å². The maximum absolute atomic E-state index is 9.05. The zero-order chi connectivity index (χ0) is 23.9. The van der Waals surface area contributed by atoms with E-state index in [-0.39, 0.29) is 0 Å². The van der Waals surface area contributed by atoms with E-state index in [4.69, 9.17) is 5.26 Å². The fraction of sp³-hybridized carbons (Fsp3) is 0.219. The SMILES string of the molecule is Cc1ccc(CCC(Cc2ccc(C)cc2)c2ccc(N(C)c3ccc(C#N)cc3)cc2)cc1. The van der Waals surface area contributed by atoms with Crippen LogP contribution >= 0.6 is 0 Å². The molecule has 0 bridgehead atoms. The Hall–Kier alpha value is -3.83. The minimum atomic E-state index is 0.457. The second kappa shape index (κ2) is 10.9. The summed E-state index contributed by atoms with van der Waals surface area (Å²) in [6, 6.07) is 36.8. The molecule has 0 heterocycles. The Morgan fingerprint density at radius 3 is 1.71 bits per heavy atom. The van der Waals surface area contributed by atoms with Crippen LogP contribution in [0.15, 0.2) is 97.1 Å². The molecule has 170 valence electrons. The first-order valence-electron chi connectivity index (χ1n) is 12.0. The van der Waals surface area contributed by atoms with Gasteiger partial charge in [0.05, 0.1) is 11.6 Å². The second-order valence-electron chi connectivity index (χ2n) is 9.22. The van der Waals surface area contributed by atoms with Crippen molar-refractivity contribution < 1.29 is 0 Å². The smallest absolute Gasteiger partial charge is 0.0991 e. The minimum absolute atomic E-state index is 0.457. The van der Waals surface area contributed by atoms with E-state index in [1.807, 2.05) is 24.3 Å². The zero-order valence-corrected chi connectivity index (χ0v) is 20.3. The molecule has 0 amide bonds. The third-order valence-electron chi connectivity index (χ3n) is 6.64. The summed E-state index contributed by atoms with van der Waals surface area (Å²) in [5.41, 5.74) is 9.67. The molecule has 1 atom stereocenters. The van der Waals surface area contributed by atoms with Gasteiger partial charge < -0.3 is 4.90 Å². The van der Waals surface area contributed by atoms with Crippen molar-refractivity contribution in [2.75, 3.05) is 11.9 Å².